The van der Waals surface area contributed by atoms with Gasteiger partial charge in [0.15, 0.2) is 0 Å². The van der Waals surface area contributed by atoms with Gasteiger partial charge in [0.2, 0.25) is 5.91 Å². The lowest BCUT2D eigenvalue weighted by molar-refractivity contribution is -0.123. The lowest BCUT2D eigenvalue weighted by Crippen LogP contribution is -2.51. The summed E-state index contributed by atoms with van der Waals surface area (Å²) in [6, 6.07) is 20.8. The van der Waals surface area contributed by atoms with Crippen molar-refractivity contribution in [3.05, 3.63) is 66.2 Å². The highest BCUT2D eigenvalue weighted by molar-refractivity contribution is 8.03. The van der Waals surface area contributed by atoms with Gasteiger partial charge in [-0.15, -0.1) is 11.8 Å². The van der Waals surface area contributed by atoms with E-state index in [9.17, 15) is 4.79 Å². The first-order valence-electron chi connectivity index (χ1n) is 8.42. The Morgan fingerprint density at radius 2 is 1.70 bits per heavy atom. The molecule has 2 saturated heterocycles. The molecule has 1 saturated carbocycles. The highest BCUT2D eigenvalue weighted by Crippen LogP contribution is 2.71. The van der Waals surface area contributed by atoms with E-state index < -0.39 is 0 Å². The van der Waals surface area contributed by atoms with Crippen LogP contribution in [0.1, 0.15) is 31.2 Å². The van der Waals surface area contributed by atoms with Crippen molar-refractivity contribution < 1.29 is 4.79 Å². The summed E-state index contributed by atoms with van der Waals surface area (Å²) >= 11 is 1.94. The maximum atomic E-state index is 13.5. The normalized spacial score (nSPS) is 34.9. The number of thioether (sulfide) groups is 1. The fourth-order valence-corrected chi connectivity index (χ4v) is 7.06. The van der Waals surface area contributed by atoms with Gasteiger partial charge in [0, 0.05) is 5.69 Å². The van der Waals surface area contributed by atoms with Gasteiger partial charge in [0.25, 0.3) is 0 Å². The second-order valence-electron chi connectivity index (χ2n) is 6.91. The van der Waals surface area contributed by atoms with Crippen molar-refractivity contribution in [3.8, 4) is 0 Å². The molecule has 116 valence electrons. The number of carbonyl (C=O) groups excluding carboxylic acids is 1. The smallest absolute Gasteiger partial charge is 0.245 e. The summed E-state index contributed by atoms with van der Waals surface area (Å²) in [6.07, 6.45) is 4.52. The lowest BCUT2D eigenvalue weighted by atomic mass is 9.81. The molecule has 2 aromatic rings. The van der Waals surface area contributed by atoms with Crippen LogP contribution < -0.4 is 4.90 Å². The second-order valence-corrected chi connectivity index (χ2v) is 8.52. The van der Waals surface area contributed by atoms with Crippen molar-refractivity contribution in [2.45, 2.75) is 35.3 Å². The first-order chi connectivity index (χ1) is 11.3. The molecule has 5 rings (SSSR count). The molecular formula is C20H19NOS. The number of rotatable bonds is 2. The van der Waals surface area contributed by atoms with Gasteiger partial charge in [0.1, 0.15) is 9.62 Å². The minimum Gasteiger partial charge on any atom is -0.292 e. The van der Waals surface area contributed by atoms with E-state index >= 15 is 0 Å². The number of fused-ring (bicyclic) bond motifs is 1. The standard InChI is InChI=1S/C20H19NOS/c22-18-19-13-7-10-16(19)14-20(23-19,15-8-3-1-4-9-15)21(18)17-11-5-2-6-12-17/h1-6,8-9,11-12,16H,7,10,13-14H2. The molecule has 23 heavy (non-hydrogen) atoms. The van der Waals surface area contributed by atoms with E-state index in [2.05, 4.69) is 47.4 Å². The van der Waals surface area contributed by atoms with Crippen molar-refractivity contribution >= 4 is 23.4 Å². The van der Waals surface area contributed by atoms with Crippen molar-refractivity contribution in [1.82, 2.24) is 0 Å². The zero-order chi connectivity index (χ0) is 15.5. The lowest BCUT2D eigenvalue weighted by Gasteiger charge is -2.40. The van der Waals surface area contributed by atoms with Crippen LogP contribution in [0.2, 0.25) is 0 Å². The zero-order valence-electron chi connectivity index (χ0n) is 12.9. The Morgan fingerprint density at radius 1 is 1.00 bits per heavy atom. The first kappa shape index (κ1) is 13.7. The number of anilines is 1. The van der Waals surface area contributed by atoms with Gasteiger partial charge in [-0.05, 0) is 42.9 Å². The number of piperidine rings is 1. The Bertz CT molecular complexity index is 762. The molecule has 2 nitrogen and oxygen atoms in total. The summed E-state index contributed by atoms with van der Waals surface area (Å²) in [5, 5.41) is 0. The third-order valence-corrected chi connectivity index (χ3v) is 7.80. The fraction of sp³-hybridized carbons (Fsp3) is 0.350. The van der Waals surface area contributed by atoms with Gasteiger partial charge in [-0.25, -0.2) is 0 Å². The van der Waals surface area contributed by atoms with Crippen LogP contribution in [0.5, 0.6) is 0 Å². The summed E-state index contributed by atoms with van der Waals surface area (Å²) in [5.74, 6) is 0.881. The van der Waals surface area contributed by atoms with E-state index in [0.717, 1.165) is 18.5 Å². The quantitative estimate of drug-likeness (QED) is 0.808. The molecule has 2 aromatic carbocycles. The maximum absolute atomic E-state index is 13.5. The molecular weight excluding hydrogens is 302 g/mol. The summed E-state index contributed by atoms with van der Waals surface area (Å²) in [5.41, 5.74) is 2.31. The van der Waals surface area contributed by atoms with Gasteiger partial charge in [-0.3, -0.25) is 9.69 Å². The van der Waals surface area contributed by atoms with Crippen molar-refractivity contribution in [2.75, 3.05) is 4.90 Å². The van der Waals surface area contributed by atoms with Gasteiger partial charge in [-0.2, -0.15) is 0 Å². The van der Waals surface area contributed by atoms with Crippen LogP contribution in [0, 0.1) is 5.92 Å². The molecule has 2 heterocycles. The van der Waals surface area contributed by atoms with Gasteiger partial charge in [0.05, 0.1) is 0 Å². The number of para-hydroxylation sites is 1. The molecule has 3 heteroatoms. The predicted molar refractivity (Wildman–Crippen MR) is 94.3 cm³/mol. The summed E-state index contributed by atoms with van der Waals surface area (Å²) in [4.78, 5) is 15.3. The Kier molecular flexibility index (Phi) is 2.76. The number of nitrogens with zero attached hydrogens (tertiary/aromatic N) is 1. The summed E-state index contributed by atoms with van der Waals surface area (Å²) in [6.45, 7) is 0. The highest BCUT2D eigenvalue weighted by atomic mass is 32.2. The molecule has 1 spiro atoms. The van der Waals surface area contributed by atoms with Crippen molar-refractivity contribution in [3.63, 3.8) is 0 Å². The average Bonchev–Trinajstić information content (AvgIpc) is 3.21. The SMILES string of the molecule is O=C1N(c2ccccc2)C2(c3ccccc3)CC3CCCC13S2. The van der Waals surface area contributed by atoms with Gasteiger partial charge in [-0.1, -0.05) is 55.0 Å². The molecule has 1 aliphatic carbocycles. The van der Waals surface area contributed by atoms with Crippen LogP contribution in [0.4, 0.5) is 5.69 Å². The Labute approximate surface area is 140 Å². The van der Waals surface area contributed by atoms with Crippen LogP contribution in [-0.4, -0.2) is 10.7 Å². The van der Waals surface area contributed by atoms with E-state index in [1.54, 1.807) is 0 Å². The second kappa shape index (κ2) is 4.64. The average molecular weight is 321 g/mol. The monoisotopic (exact) mass is 321 g/mol. The van der Waals surface area contributed by atoms with E-state index in [-0.39, 0.29) is 9.62 Å². The number of carbonyl (C=O) groups is 1. The van der Waals surface area contributed by atoms with E-state index in [1.165, 1.54) is 18.4 Å². The van der Waals surface area contributed by atoms with Crippen LogP contribution in [-0.2, 0) is 9.67 Å². The number of benzene rings is 2. The predicted octanol–water partition coefficient (Wildman–Crippen LogP) is 4.56. The van der Waals surface area contributed by atoms with Gasteiger partial charge < -0.3 is 0 Å². The minimum atomic E-state index is -0.217. The topological polar surface area (TPSA) is 20.3 Å². The van der Waals surface area contributed by atoms with Crippen LogP contribution in [0.25, 0.3) is 0 Å². The third-order valence-electron chi connectivity index (χ3n) is 5.80. The number of amides is 1. The van der Waals surface area contributed by atoms with E-state index in [4.69, 9.17) is 0 Å². The van der Waals surface area contributed by atoms with Crippen LogP contribution in [0.15, 0.2) is 60.7 Å². The largest absolute Gasteiger partial charge is 0.292 e. The van der Waals surface area contributed by atoms with Gasteiger partial charge >= 0.3 is 0 Å². The number of hydrogen-bond acceptors (Lipinski definition) is 2. The summed E-state index contributed by atoms with van der Waals surface area (Å²) in [7, 11) is 0. The fourth-order valence-electron chi connectivity index (χ4n) is 4.85. The summed E-state index contributed by atoms with van der Waals surface area (Å²) < 4.78 is -0.175. The van der Waals surface area contributed by atoms with Crippen molar-refractivity contribution in [1.29, 1.82) is 0 Å². The van der Waals surface area contributed by atoms with Crippen LogP contribution in [0.3, 0.4) is 0 Å². The highest BCUT2D eigenvalue weighted by Gasteiger charge is 2.71. The Hall–Kier alpha value is -1.74. The zero-order valence-corrected chi connectivity index (χ0v) is 13.8. The molecule has 2 aliphatic heterocycles. The van der Waals surface area contributed by atoms with Crippen LogP contribution >= 0.6 is 11.8 Å². The van der Waals surface area contributed by atoms with Crippen molar-refractivity contribution in [2.24, 2.45) is 5.92 Å². The third kappa shape index (κ3) is 1.64. The first-order valence-corrected chi connectivity index (χ1v) is 9.23. The Balaban J connectivity index is 1.72. The molecule has 3 aliphatic rings. The molecule has 0 N–H and O–H groups in total. The number of hydrogen-bond donors (Lipinski definition) is 0. The van der Waals surface area contributed by atoms with E-state index in [0.29, 0.717) is 11.8 Å². The molecule has 3 fully saturated rings. The molecule has 3 atom stereocenters. The van der Waals surface area contributed by atoms with E-state index in [1.807, 2.05) is 30.0 Å². The minimum absolute atomic E-state index is 0.175. The Morgan fingerprint density at radius 3 is 2.43 bits per heavy atom. The molecule has 1 amide bonds. The molecule has 0 aromatic heterocycles. The maximum Gasteiger partial charge on any atom is 0.245 e. The molecule has 2 bridgehead atoms. The molecule has 0 radical (unpaired) electrons. The molecule has 3 unspecified atom stereocenters.